The minimum absolute atomic E-state index is 0.0196. The number of likely N-dealkylation sites (tertiary alicyclic amines) is 1. The maximum Gasteiger partial charge on any atom is 0.247 e. The number of nitrogens with zero attached hydrogens (tertiary/aromatic N) is 1. The molecule has 3 rings (SSSR count). The van der Waals surface area contributed by atoms with Gasteiger partial charge in [0.05, 0.1) is 24.5 Å². The third kappa shape index (κ3) is 5.01. The monoisotopic (exact) mass is 489 g/mol. The molecule has 1 aromatic rings. The van der Waals surface area contributed by atoms with Crippen LogP contribution in [0.4, 0.5) is 5.69 Å². The van der Waals surface area contributed by atoms with E-state index in [2.05, 4.69) is 17.6 Å². The number of aliphatic hydroxyl groups excluding tert-OH is 1. The molecule has 34 heavy (non-hydrogen) atoms. The maximum atomic E-state index is 14.0. The van der Waals surface area contributed by atoms with E-state index in [1.165, 1.54) is 0 Å². The fraction of sp³-hybridized carbons (Fsp3) is 0.577. The minimum atomic E-state index is -0.828. The van der Waals surface area contributed by atoms with Gasteiger partial charge >= 0.3 is 0 Å². The lowest BCUT2D eigenvalue weighted by Crippen LogP contribution is -2.52. The molecule has 1 aromatic carbocycles. The molecule has 0 radical (unpaired) electrons. The summed E-state index contributed by atoms with van der Waals surface area (Å²) in [6, 6.07) is 5.43. The highest BCUT2D eigenvalue weighted by Gasteiger charge is 2.58. The van der Waals surface area contributed by atoms with Crippen LogP contribution >= 0.6 is 11.6 Å². The lowest BCUT2D eigenvalue weighted by atomic mass is 9.68. The van der Waals surface area contributed by atoms with Crippen LogP contribution in [0.1, 0.15) is 40.0 Å². The predicted molar refractivity (Wildman–Crippen MR) is 133 cm³/mol. The average Bonchev–Trinajstić information content (AvgIpc) is 3.12. The number of hydrogen-bond donors (Lipinski definition) is 3. The number of rotatable bonds is 9. The number of hydrogen-bond acceptors (Lipinski definition) is 4. The van der Waals surface area contributed by atoms with Crippen LogP contribution in [0.25, 0.3) is 0 Å². The summed E-state index contributed by atoms with van der Waals surface area (Å²) in [5.74, 6) is -2.53. The Morgan fingerprint density at radius 1 is 1.15 bits per heavy atom. The van der Waals surface area contributed by atoms with Crippen LogP contribution in [0.2, 0.25) is 5.02 Å². The zero-order valence-corrected chi connectivity index (χ0v) is 21.1. The van der Waals surface area contributed by atoms with E-state index in [0.717, 1.165) is 19.3 Å². The molecule has 0 bridgehead atoms. The topological polar surface area (TPSA) is 98.7 Å². The molecule has 1 fully saturated rings. The van der Waals surface area contributed by atoms with Crippen LogP contribution in [0.3, 0.4) is 0 Å². The Balaban J connectivity index is 2.06. The van der Waals surface area contributed by atoms with Crippen molar-refractivity contribution in [2.24, 2.45) is 29.6 Å². The van der Waals surface area contributed by atoms with Crippen molar-refractivity contribution in [2.75, 3.05) is 19.0 Å². The molecule has 2 aliphatic rings. The summed E-state index contributed by atoms with van der Waals surface area (Å²) < 4.78 is 0. The van der Waals surface area contributed by atoms with Gasteiger partial charge in [0, 0.05) is 23.7 Å². The van der Waals surface area contributed by atoms with Gasteiger partial charge in [-0.25, -0.2) is 0 Å². The van der Waals surface area contributed by atoms with Crippen LogP contribution in [0.15, 0.2) is 36.4 Å². The van der Waals surface area contributed by atoms with Gasteiger partial charge in [-0.15, -0.1) is 0 Å². The first-order chi connectivity index (χ1) is 16.3. The normalized spacial score (nSPS) is 27.8. The fourth-order valence-electron chi connectivity index (χ4n) is 5.50. The van der Waals surface area contributed by atoms with Gasteiger partial charge in [-0.1, -0.05) is 57.4 Å². The van der Waals surface area contributed by atoms with Crippen molar-refractivity contribution in [3.8, 4) is 0 Å². The number of fused-ring (bicyclic) bond motifs is 1. The number of benzene rings is 1. The highest BCUT2D eigenvalue weighted by Crippen LogP contribution is 2.46. The number of nitrogens with one attached hydrogen (secondary N) is 2. The van der Waals surface area contributed by atoms with Gasteiger partial charge in [0.15, 0.2) is 0 Å². The Hall–Kier alpha value is -2.38. The van der Waals surface area contributed by atoms with Crippen LogP contribution in [0, 0.1) is 29.6 Å². The van der Waals surface area contributed by atoms with Crippen LogP contribution in [0.5, 0.6) is 0 Å². The van der Waals surface area contributed by atoms with Crippen molar-refractivity contribution in [3.05, 3.63) is 41.4 Å². The summed E-state index contributed by atoms with van der Waals surface area (Å²) >= 11 is 5.98. The first kappa shape index (κ1) is 26.2. The largest absolute Gasteiger partial charge is 0.394 e. The quantitative estimate of drug-likeness (QED) is 0.462. The Morgan fingerprint density at radius 3 is 2.38 bits per heavy atom. The van der Waals surface area contributed by atoms with Crippen molar-refractivity contribution in [1.82, 2.24) is 10.2 Å². The van der Waals surface area contributed by atoms with Gasteiger partial charge in [-0.2, -0.15) is 0 Å². The van der Waals surface area contributed by atoms with Crippen LogP contribution in [-0.2, 0) is 14.4 Å². The maximum absolute atomic E-state index is 14.0. The van der Waals surface area contributed by atoms with E-state index in [9.17, 15) is 19.5 Å². The highest BCUT2D eigenvalue weighted by molar-refractivity contribution is 6.30. The highest BCUT2D eigenvalue weighted by atomic mass is 35.5. The second kappa shape index (κ2) is 11.4. The molecule has 3 amide bonds. The third-order valence-corrected chi connectivity index (χ3v) is 7.70. The van der Waals surface area contributed by atoms with Crippen molar-refractivity contribution in [2.45, 2.75) is 52.1 Å². The molecule has 0 unspecified atom stereocenters. The molecule has 0 spiro atoms. The second-order valence-electron chi connectivity index (χ2n) is 9.40. The second-order valence-corrected chi connectivity index (χ2v) is 9.84. The van der Waals surface area contributed by atoms with E-state index >= 15 is 0 Å². The fourth-order valence-corrected chi connectivity index (χ4v) is 5.62. The summed E-state index contributed by atoms with van der Waals surface area (Å²) in [6.07, 6.45) is 6.34. The van der Waals surface area contributed by atoms with Crippen molar-refractivity contribution in [3.63, 3.8) is 0 Å². The van der Waals surface area contributed by atoms with E-state index in [1.54, 1.807) is 36.2 Å². The first-order valence-electron chi connectivity index (χ1n) is 12.2. The Bertz CT molecular complexity index is 919. The van der Waals surface area contributed by atoms with Gasteiger partial charge in [0.25, 0.3) is 0 Å². The summed E-state index contributed by atoms with van der Waals surface area (Å²) in [4.78, 5) is 42.2. The lowest BCUT2D eigenvalue weighted by Gasteiger charge is -2.36. The summed E-state index contributed by atoms with van der Waals surface area (Å²) in [5, 5.41) is 16.5. The van der Waals surface area contributed by atoms with Crippen molar-refractivity contribution >= 4 is 35.0 Å². The van der Waals surface area contributed by atoms with E-state index in [-0.39, 0.29) is 36.2 Å². The van der Waals surface area contributed by atoms with Crippen LogP contribution in [-0.4, -0.2) is 53.5 Å². The van der Waals surface area contributed by atoms with E-state index < -0.39 is 29.8 Å². The molecule has 1 aliphatic heterocycles. The van der Waals surface area contributed by atoms with Gasteiger partial charge in [0.1, 0.15) is 6.04 Å². The molecule has 1 saturated heterocycles. The molecule has 7 nitrogen and oxygen atoms in total. The Morgan fingerprint density at radius 2 is 1.82 bits per heavy atom. The zero-order valence-electron chi connectivity index (χ0n) is 20.3. The number of aliphatic hydroxyl groups is 1. The van der Waals surface area contributed by atoms with Crippen molar-refractivity contribution in [1.29, 1.82) is 0 Å². The number of anilines is 1. The Labute approximate surface area is 206 Å². The van der Waals surface area contributed by atoms with E-state index in [4.69, 9.17) is 11.6 Å². The number of allylic oxidation sites excluding steroid dienone is 1. The standard InChI is InChI=1S/C26H36ClN3O4/c1-5-7-16-8-13-19-22(21(16)24(32)28-4)26(34)30(20(14-31)15(3)6-2)23(19)25(33)29-18-11-9-17(27)10-12-18/h8-13,15-16,19-23,31H,5-7,14H2,1-4H3,(H,28,32)(H,29,33)/t15-,16+,19-,20-,21+,22+,23-/m0/s1. The molecular weight excluding hydrogens is 454 g/mol. The van der Waals surface area contributed by atoms with E-state index in [1.807, 2.05) is 26.0 Å². The van der Waals surface area contributed by atoms with E-state index in [0.29, 0.717) is 10.7 Å². The number of halogens is 1. The molecule has 7 atom stereocenters. The molecule has 186 valence electrons. The van der Waals surface area contributed by atoms with Gasteiger partial charge in [0.2, 0.25) is 17.7 Å². The summed E-state index contributed by atoms with van der Waals surface area (Å²) in [6.45, 7) is 5.76. The number of carbonyl (C=O) groups is 3. The Kier molecular flexibility index (Phi) is 8.77. The minimum Gasteiger partial charge on any atom is -0.394 e. The van der Waals surface area contributed by atoms with Gasteiger partial charge < -0.3 is 20.6 Å². The van der Waals surface area contributed by atoms with Gasteiger partial charge in [-0.05, 0) is 42.5 Å². The molecular formula is C26H36ClN3O4. The van der Waals surface area contributed by atoms with Crippen LogP contribution < -0.4 is 10.6 Å². The lowest BCUT2D eigenvalue weighted by molar-refractivity contribution is -0.143. The number of amides is 3. The zero-order chi connectivity index (χ0) is 25.0. The predicted octanol–water partition coefficient (Wildman–Crippen LogP) is 3.48. The summed E-state index contributed by atoms with van der Waals surface area (Å²) in [7, 11) is 1.58. The molecule has 1 aliphatic carbocycles. The molecule has 0 saturated carbocycles. The molecule has 1 heterocycles. The third-order valence-electron chi connectivity index (χ3n) is 7.44. The first-order valence-corrected chi connectivity index (χ1v) is 12.6. The number of carbonyl (C=O) groups excluding carboxylic acids is 3. The average molecular weight is 490 g/mol. The molecule has 8 heteroatoms. The van der Waals surface area contributed by atoms with Crippen molar-refractivity contribution < 1.29 is 19.5 Å². The molecule has 0 aromatic heterocycles. The molecule has 3 N–H and O–H groups in total. The smallest absolute Gasteiger partial charge is 0.247 e. The SMILES string of the molecule is CCC[C@@H]1C=C[C@H]2[C@@H](C(=O)N([C@@H](CO)[C@@H](C)CC)[C@@H]2C(=O)Nc2ccc(Cl)cc2)[C@@H]1C(=O)NC. The summed E-state index contributed by atoms with van der Waals surface area (Å²) in [5.41, 5.74) is 0.570. The van der Waals surface area contributed by atoms with Gasteiger partial charge in [-0.3, -0.25) is 14.4 Å².